The number of nitrogens with two attached hydrogens (primary N) is 1. The van der Waals surface area contributed by atoms with Crippen LogP contribution < -0.4 is 15.8 Å². The van der Waals surface area contributed by atoms with E-state index in [0.29, 0.717) is 50.6 Å². The van der Waals surface area contributed by atoms with Gasteiger partial charge in [0.05, 0.1) is 17.7 Å². The first kappa shape index (κ1) is 24.0. The summed E-state index contributed by atoms with van der Waals surface area (Å²) in [5.74, 6) is 0.787. The number of rotatable bonds is 4. The van der Waals surface area contributed by atoms with Crippen LogP contribution in [0.2, 0.25) is 0 Å². The minimum Gasteiger partial charge on any atom is -0.492 e. The summed E-state index contributed by atoms with van der Waals surface area (Å²) in [4.78, 5) is 42.7. The summed E-state index contributed by atoms with van der Waals surface area (Å²) in [7, 11) is 0. The molecule has 4 aliphatic rings. The van der Waals surface area contributed by atoms with E-state index in [1.54, 1.807) is 0 Å². The van der Waals surface area contributed by atoms with Crippen molar-refractivity contribution < 1.29 is 19.1 Å². The normalized spacial score (nSPS) is 22.2. The Labute approximate surface area is 217 Å². The number of carbonyl (C=O) groups is 3. The summed E-state index contributed by atoms with van der Waals surface area (Å²) in [6, 6.07) is 11.9. The predicted octanol–water partition coefficient (Wildman–Crippen LogP) is 2.25. The molecule has 1 aliphatic carbocycles. The molecule has 3 heterocycles. The molecular formula is C29H34N4O4. The van der Waals surface area contributed by atoms with Gasteiger partial charge in [0.25, 0.3) is 11.8 Å². The maximum atomic E-state index is 13.7. The van der Waals surface area contributed by atoms with Crippen LogP contribution >= 0.6 is 0 Å². The molecule has 3 N–H and O–H groups in total. The summed E-state index contributed by atoms with van der Waals surface area (Å²) in [5.41, 5.74) is 10.2. The molecule has 194 valence electrons. The van der Waals surface area contributed by atoms with E-state index in [4.69, 9.17) is 10.5 Å². The lowest BCUT2D eigenvalue weighted by molar-refractivity contribution is -0.138. The van der Waals surface area contributed by atoms with Crippen LogP contribution in [0.5, 0.6) is 5.75 Å². The van der Waals surface area contributed by atoms with Gasteiger partial charge < -0.3 is 25.6 Å². The lowest BCUT2D eigenvalue weighted by Crippen LogP contribution is -2.59. The molecule has 2 fully saturated rings. The third-order valence-electron chi connectivity index (χ3n) is 8.49. The van der Waals surface area contributed by atoms with Crippen molar-refractivity contribution in [3.8, 4) is 5.75 Å². The second-order valence-corrected chi connectivity index (χ2v) is 10.9. The van der Waals surface area contributed by atoms with Crippen molar-refractivity contribution in [3.63, 3.8) is 0 Å². The Morgan fingerprint density at radius 2 is 1.78 bits per heavy atom. The van der Waals surface area contributed by atoms with Crippen molar-refractivity contribution in [2.75, 3.05) is 39.3 Å². The van der Waals surface area contributed by atoms with Gasteiger partial charge in [-0.15, -0.1) is 0 Å². The molecule has 0 aromatic heterocycles. The molecule has 1 saturated heterocycles. The Bertz CT molecular complexity index is 1240. The standard InChI is InChI=1S/C29H34N4O4/c30-29(8-3-4-9-29)28(36)33-12-10-32(11-13-33)27(35)24-17-19(15-20-7-14-37-25(20)24)16-21-18-31-26(34)23-6-2-1-5-22(21)23/h1-2,5-6,15,17,21H,3-4,7-14,16,18,30H2,(H,31,34). The van der Waals surface area contributed by atoms with Crippen molar-refractivity contribution >= 4 is 17.7 Å². The molecule has 2 aromatic carbocycles. The zero-order valence-electron chi connectivity index (χ0n) is 21.1. The van der Waals surface area contributed by atoms with E-state index in [1.165, 1.54) is 0 Å². The predicted molar refractivity (Wildman–Crippen MR) is 139 cm³/mol. The number of piperazine rings is 1. The zero-order valence-corrected chi connectivity index (χ0v) is 21.1. The fraction of sp³-hybridized carbons (Fsp3) is 0.483. The Kier molecular flexibility index (Phi) is 6.15. The smallest absolute Gasteiger partial charge is 0.257 e. The molecule has 0 bridgehead atoms. The molecule has 2 aromatic rings. The third kappa shape index (κ3) is 4.37. The number of benzene rings is 2. The largest absolute Gasteiger partial charge is 0.492 e. The molecule has 8 heteroatoms. The number of nitrogens with zero attached hydrogens (tertiary/aromatic N) is 2. The van der Waals surface area contributed by atoms with E-state index in [9.17, 15) is 14.4 Å². The van der Waals surface area contributed by atoms with Crippen LogP contribution in [0, 0.1) is 0 Å². The van der Waals surface area contributed by atoms with Crippen molar-refractivity contribution in [3.05, 3.63) is 64.2 Å². The van der Waals surface area contributed by atoms with Crippen molar-refractivity contribution in [2.24, 2.45) is 5.73 Å². The minimum absolute atomic E-state index is 0.0307. The highest BCUT2D eigenvalue weighted by molar-refractivity contribution is 5.98. The molecule has 8 nitrogen and oxygen atoms in total. The van der Waals surface area contributed by atoms with E-state index in [-0.39, 0.29) is 23.6 Å². The first-order chi connectivity index (χ1) is 17.9. The summed E-state index contributed by atoms with van der Waals surface area (Å²) < 4.78 is 5.91. The van der Waals surface area contributed by atoms with Gasteiger partial charge in [0.1, 0.15) is 5.75 Å². The summed E-state index contributed by atoms with van der Waals surface area (Å²) in [5, 5.41) is 3.01. The number of fused-ring (bicyclic) bond motifs is 2. The maximum Gasteiger partial charge on any atom is 0.257 e. The van der Waals surface area contributed by atoms with Crippen molar-refractivity contribution in [1.29, 1.82) is 0 Å². The topological polar surface area (TPSA) is 105 Å². The molecule has 1 atom stereocenters. The van der Waals surface area contributed by atoms with Crippen LogP contribution in [0.3, 0.4) is 0 Å². The average molecular weight is 503 g/mol. The number of hydrogen-bond acceptors (Lipinski definition) is 5. The molecule has 3 amide bonds. The first-order valence-electron chi connectivity index (χ1n) is 13.5. The van der Waals surface area contributed by atoms with Crippen molar-refractivity contribution in [1.82, 2.24) is 15.1 Å². The molecule has 1 unspecified atom stereocenters. The van der Waals surface area contributed by atoms with E-state index >= 15 is 0 Å². The van der Waals surface area contributed by atoms with Crippen molar-refractivity contribution in [2.45, 2.75) is 50.0 Å². The highest BCUT2D eigenvalue weighted by Crippen LogP contribution is 2.35. The fourth-order valence-electron chi connectivity index (χ4n) is 6.42. The maximum absolute atomic E-state index is 13.7. The van der Waals surface area contributed by atoms with Crippen LogP contribution in [-0.2, 0) is 17.6 Å². The quantitative estimate of drug-likeness (QED) is 0.667. The van der Waals surface area contributed by atoms with Gasteiger partial charge in [-0.1, -0.05) is 37.1 Å². The Morgan fingerprint density at radius 1 is 1.05 bits per heavy atom. The van der Waals surface area contributed by atoms with Crippen LogP contribution in [0.1, 0.15) is 69.0 Å². The van der Waals surface area contributed by atoms with E-state index < -0.39 is 5.54 Å². The average Bonchev–Trinajstić information content (AvgIpc) is 3.59. The summed E-state index contributed by atoms with van der Waals surface area (Å²) in [6.45, 7) is 3.13. The molecule has 37 heavy (non-hydrogen) atoms. The second-order valence-electron chi connectivity index (χ2n) is 10.9. The number of nitrogens with one attached hydrogen (secondary N) is 1. The van der Waals surface area contributed by atoms with E-state index in [1.807, 2.05) is 40.1 Å². The Hall–Kier alpha value is -3.39. The number of carbonyl (C=O) groups excluding carboxylic acids is 3. The van der Waals surface area contributed by atoms with Gasteiger partial charge in [0.2, 0.25) is 5.91 Å². The van der Waals surface area contributed by atoms with Gasteiger partial charge in [-0.25, -0.2) is 0 Å². The summed E-state index contributed by atoms with van der Waals surface area (Å²) in [6.07, 6.45) is 5.00. The highest BCUT2D eigenvalue weighted by atomic mass is 16.5. The number of amides is 3. The van der Waals surface area contributed by atoms with Gasteiger partial charge in [-0.05, 0) is 48.1 Å². The number of ether oxygens (including phenoxy) is 1. The number of hydrogen-bond donors (Lipinski definition) is 2. The SMILES string of the molecule is NC1(C(=O)N2CCN(C(=O)c3cc(CC4CNC(=O)c5ccccc54)cc4c3OCC4)CC2)CCCC1. The highest BCUT2D eigenvalue weighted by Gasteiger charge is 2.41. The molecular weight excluding hydrogens is 468 g/mol. The molecule has 0 spiro atoms. The fourth-order valence-corrected chi connectivity index (χ4v) is 6.42. The third-order valence-corrected chi connectivity index (χ3v) is 8.49. The lowest BCUT2D eigenvalue weighted by atomic mass is 9.85. The summed E-state index contributed by atoms with van der Waals surface area (Å²) >= 11 is 0. The van der Waals surface area contributed by atoms with Gasteiger partial charge in [0, 0.05) is 50.6 Å². The first-order valence-corrected chi connectivity index (χ1v) is 13.5. The van der Waals surface area contributed by atoms with Gasteiger partial charge in [0.15, 0.2) is 0 Å². The molecule has 0 radical (unpaired) electrons. The molecule has 3 aliphatic heterocycles. The Balaban J connectivity index is 1.19. The molecule has 1 saturated carbocycles. The van der Waals surface area contributed by atoms with Crippen LogP contribution in [0.15, 0.2) is 36.4 Å². The lowest BCUT2D eigenvalue weighted by Gasteiger charge is -2.38. The van der Waals surface area contributed by atoms with Crippen LogP contribution in [-0.4, -0.2) is 72.4 Å². The van der Waals surface area contributed by atoms with Crippen LogP contribution in [0.25, 0.3) is 0 Å². The van der Waals surface area contributed by atoms with Gasteiger partial charge >= 0.3 is 0 Å². The minimum atomic E-state index is -0.730. The Morgan fingerprint density at radius 3 is 2.57 bits per heavy atom. The monoisotopic (exact) mass is 502 g/mol. The molecule has 6 rings (SSSR count). The van der Waals surface area contributed by atoms with E-state index in [2.05, 4.69) is 11.4 Å². The van der Waals surface area contributed by atoms with Gasteiger partial charge in [-0.2, -0.15) is 0 Å². The van der Waals surface area contributed by atoms with Gasteiger partial charge in [-0.3, -0.25) is 14.4 Å². The second kappa shape index (κ2) is 9.49. The van der Waals surface area contributed by atoms with Crippen LogP contribution in [0.4, 0.5) is 0 Å². The van der Waals surface area contributed by atoms with E-state index in [0.717, 1.165) is 60.8 Å². The zero-order chi connectivity index (χ0) is 25.6.